The van der Waals surface area contributed by atoms with Gasteiger partial charge >= 0.3 is 0 Å². The molecule has 2 aliphatic heterocycles. The van der Waals surface area contributed by atoms with Crippen LogP contribution in [0.15, 0.2) is 72.1 Å². The van der Waals surface area contributed by atoms with E-state index in [9.17, 15) is 19.7 Å². The van der Waals surface area contributed by atoms with Crippen LogP contribution in [0.25, 0.3) is 0 Å². The second kappa shape index (κ2) is 12.5. The highest BCUT2D eigenvalue weighted by Crippen LogP contribution is 2.29. The molecule has 0 saturated carbocycles. The standard InChI is InChI=1S/C29H33N5O4S/c35-28(31-16-13-30-14-17-31)26-19-25(21-33(26)29(36)27-7-4-18-39-27)32(15-12-22-5-2-1-3-6-22)20-23-8-10-24(11-9-23)34(37)38/h1-11,18,25-26,30H,12-17,19-21H2. The highest BCUT2D eigenvalue weighted by Gasteiger charge is 2.43. The fourth-order valence-electron chi connectivity index (χ4n) is 5.44. The molecule has 2 aromatic carbocycles. The Morgan fingerprint density at radius 3 is 2.41 bits per heavy atom. The lowest BCUT2D eigenvalue weighted by molar-refractivity contribution is -0.384. The lowest BCUT2D eigenvalue weighted by Crippen LogP contribution is -2.53. The number of likely N-dealkylation sites (tertiary alicyclic amines) is 1. The van der Waals surface area contributed by atoms with Crippen LogP contribution in [0.2, 0.25) is 0 Å². The van der Waals surface area contributed by atoms with Crippen molar-refractivity contribution in [2.45, 2.75) is 31.5 Å². The SMILES string of the molecule is O=C(C1CC(N(CCc2ccccc2)Cc2ccc([N+](=O)[O-])cc2)CN1C(=O)c1cccs1)N1CCNCC1. The van der Waals surface area contributed by atoms with Crippen molar-refractivity contribution in [1.82, 2.24) is 20.0 Å². The van der Waals surface area contributed by atoms with Crippen molar-refractivity contribution in [3.63, 3.8) is 0 Å². The fourth-order valence-corrected chi connectivity index (χ4v) is 6.12. The molecule has 2 atom stereocenters. The van der Waals surface area contributed by atoms with Gasteiger partial charge in [0.15, 0.2) is 0 Å². The van der Waals surface area contributed by atoms with Crippen LogP contribution >= 0.6 is 11.3 Å². The average molecular weight is 548 g/mol. The molecule has 2 fully saturated rings. The molecule has 2 saturated heterocycles. The van der Waals surface area contributed by atoms with Crippen LogP contribution in [0, 0.1) is 10.1 Å². The number of amides is 2. The number of benzene rings is 2. The zero-order valence-corrected chi connectivity index (χ0v) is 22.6. The molecule has 9 nitrogen and oxygen atoms in total. The number of non-ortho nitro benzene ring substituents is 1. The van der Waals surface area contributed by atoms with Crippen molar-refractivity contribution in [1.29, 1.82) is 0 Å². The number of hydrogen-bond acceptors (Lipinski definition) is 7. The van der Waals surface area contributed by atoms with Gasteiger partial charge in [-0.2, -0.15) is 0 Å². The molecule has 2 aliphatic rings. The molecule has 204 valence electrons. The molecule has 2 amide bonds. The van der Waals surface area contributed by atoms with Gasteiger partial charge < -0.3 is 15.1 Å². The predicted molar refractivity (Wildman–Crippen MR) is 151 cm³/mol. The minimum Gasteiger partial charge on any atom is -0.338 e. The molecule has 0 radical (unpaired) electrons. The van der Waals surface area contributed by atoms with Gasteiger partial charge in [-0.25, -0.2) is 0 Å². The van der Waals surface area contributed by atoms with Gasteiger partial charge in [-0.1, -0.05) is 48.5 Å². The van der Waals surface area contributed by atoms with Crippen molar-refractivity contribution in [2.75, 3.05) is 39.3 Å². The third kappa shape index (κ3) is 6.52. The molecule has 2 unspecified atom stereocenters. The van der Waals surface area contributed by atoms with Crippen molar-refractivity contribution in [3.8, 4) is 0 Å². The summed E-state index contributed by atoms with van der Waals surface area (Å²) in [5, 5.41) is 16.3. The van der Waals surface area contributed by atoms with Gasteiger partial charge in [-0.15, -0.1) is 11.3 Å². The monoisotopic (exact) mass is 547 g/mol. The highest BCUT2D eigenvalue weighted by molar-refractivity contribution is 7.12. The van der Waals surface area contributed by atoms with Gasteiger partial charge in [0.1, 0.15) is 6.04 Å². The molecular weight excluding hydrogens is 514 g/mol. The van der Waals surface area contributed by atoms with Gasteiger partial charge in [-0.05, 0) is 35.4 Å². The largest absolute Gasteiger partial charge is 0.338 e. The topological polar surface area (TPSA) is 99.0 Å². The Hall–Kier alpha value is -3.60. The van der Waals surface area contributed by atoms with E-state index in [0.717, 1.165) is 31.6 Å². The zero-order valence-electron chi connectivity index (χ0n) is 21.8. The van der Waals surface area contributed by atoms with E-state index in [2.05, 4.69) is 22.3 Å². The molecule has 0 aliphatic carbocycles. The van der Waals surface area contributed by atoms with E-state index in [4.69, 9.17) is 0 Å². The first-order valence-corrected chi connectivity index (χ1v) is 14.2. The van der Waals surface area contributed by atoms with Crippen LogP contribution in [0.5, 0.6) is 0 Å². The Balaban J connectivity index is 1.40. The number of nitro groups is 1. The van der Waals surface area contributed by atoms with E-state index in [1.54, 1.807) is 17.0 Å². The Bertz CT molecular complexity index is 1260. The minimum atomic E-state index is -0.515. The summed E-state index contributed by atoms with van der Waals surface area (Å²) in [5.41, 5.74) is 2.23. The van der Waals surface area contributed by atoms with E-state index in [0.29, 0.717) is 37.5 Å². The summed E-state index contributed by atoms with van der Waals surface area (Å²) in [4.78, 5) is 44.7. The van der Waals surface area contributed by atoms with Gasteiger partial charge in [0.05, 0.1) is 9.80 Å². The molecule has 0 spiro atoms. The van der Waals surface area contributed by atoms with E-state index in [1.165, 1.54) is 29.0 Å². The van der Waals surface area contributed by atoms with E-state index in [1.807, 2.05) is 40.6 Å². The highest BCUT2D eigenvalue weighted by atomic mass is 32.1. The molecule has 1 N–H and O–H groups in total. The molecule has 1 aromatic heterocycles. The first kappa shape index (κ1) is 27.0. The number of thiophene rings is 1. The number of nitrogens with one attached hydrogen (secondary N) is 1. The number of nitrogens with zero attached hydrogens (tertiary/aromatic N) is 4. The van der Waals surface area contributed by atoms with Gasteiger partial charge in [0.2, 0.25) is 5.91 Å². The summed E-state index contributed by atoms with van der Waals surface area (Å²) in [6, 6.07) is 20.0. The lowest BCUT2D eigenvalue weighted by Gasteiger charge is -2.32. The summed E-state index contributed by atoms with van der Waals surface area (Å²) in [5.74, 6) is -0.0819. The fraction of sp³-hybridized carbons (Fsp3) is 0.379. The molecule has 3 aromatic rings. The maximum atomic E-state index is 13.7. The van der Waals surface area contributed by atoms with Crippen LogP contribution in [-0.2, 0) is 17.8 Å². The summed E-state index contributed by atoms with van der Waals surface area (Å²) >= 11 is 1.40. The zero-order chi connectivity index (χ0) is 27.2. The maximum Gasteiger partial charge on any atom is 0.269 e. The Labute approximate surface area is 232 Å². The maximum absolute atomic E-state index is 13.7. The normalized spacial score (nSPS) is 19.4. The van der Waals surface area contributed by atoms with Crippen LogP contribution in [-0.4, -0.2) is 82.8 Å². The lowest BCUT2D eigenvalue weighted by atomic mass is 10.1. The predicted octanol–water partition coefficient (Wildman–Crippen LogP) is 3.42. The number of carbonyl (C=O) groups is 2. The van der Waals surface area contributed by atoms with Crippen molar-refractivity contribution >= 4 is 28.8 Å². The quantitative estimate of drug-likeness (QED) is 0.326. The molecule has 3 heterocycles. The van der Waals surface area contributed by atoms with Crippen LogP contribution in [0.1, 0.15) is 27.2 Å². The second-order valence-electron chi connectivity index (χ2n) is 10.0. The van der Waals surface area contributed by atoms with Gasteiger partial charge in [0, 0.05) is 64.0 Å². The average Bonchev–Trinajstić information content (AvgIpc) is 3.67. The first-order valence-electron chi connectivity index (χ1n) is 13.3. The Kier molecular flexibility index (Phi) is 8.65. The van der Waals surface area contributed by atoms with Crippen LogP contribution in [0.4, 0.5) is 5.69 Å². The van der Waals surface area contributed by atoms with E-state index < -0.39 is 11.0 Å². The molecular formula is C29H33N5O4S. The van der Waals surface area contributed by atoms with Crippen LogP contribution < -0.4 is 5.32 Å². The molecule has 39 heavy (non-hydrogen) atoms. The number of piperazine rings is 1. The number of carbonyl (C=O) groups excluding carboxylic acids is 2. The van der Waals surface area contributed by atoms with Crippen molar-refractivity contribution in [2.24, 2.45) is 0 Å². The summed E-state index contributed by atoms with van der Waals surface area (Å²) in [7, 11) is 0. The third-order valence-corrected chi connectivity index (χ3v) is 8.42. The first-order chi connectivity index (χ1) is 19.0. The number of hydrogen-bond donors (Lipinski definition) is 1. The Morgan fingerprint density at radius 1 is 1.00 bits per heavy atom. The number of nitro benzene ring substituents is 1. The summed E-state index contributed by atoms with van der Waals surface area (Å²) in [6.07, 6.45) is 1.38. The van der Waals surface area contributed by atoms with Crippen LogP contribution in [0.3, 0.4) is 0 Å². The summed E-state index contributed by atoms with van der Waals surface area (Å²) in [6.45, 7) is 4.56. The third-order valence-electron chi connectivity index (χ3n) is 7.57. The Morgan fingerprint density at radius 2 is 1.74 bits per heavy atom. The smallest absolute Gasteiger partial charge is 0.269 e. The molecule has 5 rings (SSSR count). The summed E-state index contributed by atoms with van der Waals surface area (Å²) < 4.78 is 0. The van der Waals surface area contributed by atoms with Crippen molar-refractivity contribution < 1.29 is 14.5 Å². The van der Waals surface area contributed by atoms with Gasteiger partial charge in [-0.3, -0.25) is 24.6 Å². The molecule has 0 bridgehead atoms. The van der Waals surface area contributed by atoms with Gasteiger partial charge in [0.25, 0.3) is 11.6 Å². The minimum absolute atomic E-state index is 0.0160. The van der Waals surface area contributed by atoms with Crippen molar-refractivity contribution in [3.05, 3.63) is 98.2 Å². The molecule has 10 heteroatoms. The number of rotatable bonds is 9. The van der Waals surface area contributed by atoms with E-state index >= 15 is 0 Å². The van der Waals surface area contributed by atoms with E-state index in [-0.39, 0.29) is 23.5 Å². The second-order valence-corrected chi connectivity index (χ2v) is 11.0.